The van der Waals surface area contributed by atoms with E-state index in [9.17, 15) is 4.79 Å². The van der Waals surface area contributed by atoms with Crippen molar-refractivity contribution in [3.8, 4) is 0 Å². The minimum Gasteiger partial charge on any atom is -0.355 e. The van der Waals surface area contributed by atoms with E-state index < -0.39 is 0 Å². The minimum absolute atomic E-state index is 0.354. The minimum atomic E-state index is -0.354. The molecule has 3 nitrogen and oxygen atoms in total. The summed E-state index contributed by atoms with van der Waals surface area (Å²) < 4.78 is 5.28. The summed E-state index contributed by atoms with van der Waals surface area (Å²) in [4.78, 5) is 10.5. The zero-order chi connectivity index (χ0) is 13.8. The highest BCUT2D eigenvalue weighted by molar-refractivity contribution is 5.55. The molecule has 0 aromatic carbocycles. The van der Waals surface area contributed by atoms with E-state index in [1.165, 1.54) is 64.2 Å². The highest BCUT2D eigenvalue weighted by Crippen LogP contribution is 2.13. The molecular formula is C16H31NO2. The monoisotopic (exact) mass is 269 g/mol. The maximum atomic E-state index is 10.5. The summed E-state index contributed by atoms with van der Waals surface area (Å²) in [7, 11) is 0. The summed E-state index contributed by atoms with van der Waals surface area (Å²) in [6.45, 7) is 2.96. The second-order valence-corrected chi connectivity index (χ2v) is 5.72. The maximum Gasteiger partial charge on any atom is 0.164 e. The molecule has 2 unspecified atom stereocenters. The summed E-state index contributed by atoms with van der Waals surface area (Å²) in [5.74, 6) is 0. The van der Waals surface area contributed by atoms with E-state index in [0.29, 0.717) is 12.6 Å². The molecule has 1 fully saturated rings. The number of carbonyl (C=O) groups excluding carboxylic acids is 1. The molecule has 1 saturated heterocycles. The molecule has 1 heterocycles. The molecule has 1 aliphatic heterocycles. The molecule has 1 N–H and O–H groups in total. The van der Waals surface area contributed by atoms with Gasteiger partial charge in [-0.3, -0.25) is 10.1 Å². The number of rotatable bonds is 12. The van der Waals surface area contributed by atoms with Gasteiger partial charge in [0.2, 0.25) is 0 Å². The van der Waals surface area contributed by atoms with Crippen LogP contribution in [0.5, 0.6) is 0 Å². The Morgan fingerprint density at radius 1 is 1.00 bits per heavy atom. The van der Waals surface area contributed by atoms with Gasteiger partial charge in [0, 0.05) is 6.04 Å². The van der Waals surface area contributed by atoms with Crippen molar-refractivity contribution in [2.45, 2.75) is 89.8 Å². The van der Waals surface area contributed by atoms with E-state index in [1.54, 1.807) is 0 Å². The van der Waals surface area contributed by atoms with Gasteiger partial charge in [-0.05, 0) is 6.42 Å². The lowest BCUT2D eigenvalue weighted by molar-refractivity contribution is -0.116. The number of nitrogens with one attached hydrogen (secondary N) is 1. The Morgan fingerprint density at radius 3 is 2.11 bits per heavy atom. The van der Waals surface area contributed by atoms with Gasteiger partial charge in [-0.15, -0.1) is 0 Å². The van der Waals surface area contributed by atoms with Gasteiger partial charge in [0.15, 0.2) is 12.5 Å². The molecule has 0 aromatic rings. The second-order valence-electron chi connectivity index (χ2n) is 5.72. The van der Waals surface area contributed by atoms with Crippen molar-refractivity contribution in [3.05, 3.63) is 0 Å². The normalized spacial score (nSPS) is 22.8. The highest BCUT2D eigenvalue weighted by Gasteiger charge is 2.22. The lowest BCUT2D eigenvalue weighted by Gasteiger charge is -2.08. The quantitative estimate of drug-likeness (QED) is 0.432. The molecule has 0 amide bonds. The van der Waals surface area contributed by atoms with Crippen LogP contribution in [0.4, 0.5) is 0 Å². The Balaban J connectivity index is 1.78. The number of unbranched alkanes of at least 4 members (excludes halogenated alkanes) is 9. The average Bonchev–Trinajstić information content (AvgIpc) is 2.89. The van der Waals surface area contributed by atoms with E-state index >= 15 is 0 Å². The summed E-state index contributed by atoms with van der Waals surface area (Å²) >= 11 is 0. The van der Waals surface area contributed by atoms with Gasteiger partial charge in [0.05, 0.1) is 6.61 Å². The van der Waals surface area contributed by atoms with Gasteiger partial charge in [-0.25, -0.2) is 0 Å². The molecule has 1 rings (SSSR count). The molecule has 0 bridgehead atoms. The Labute approximate surface area is 118 Å². The largest absolute Gasteiger partial charge is 0.355 e. The average molecular weight is 269 g/mol. The van der Waals surface area contributed by atoms with E-state index in [1.807, 2.05) is 0 Å². The zero-order valence-electron chi connectivity index (χ0n) is 12.5. The molecule has 3 heteroatoms. The molecule has 0 spiro atoms. The number of ether oxygens (including phenoxy) is 1. The smallest absolute Gasteiger partial charge is 0.164 e. The molecule has 1 aliphatic rings. The molecule has 19 heavy (non-hydrogen) atoms. The van der Waals surface area contributed by atoms with Crippen molar-refractivity contribution in [1.82, 2.24) is 5.32 Å². The zero-order valence-corrected chi connectivity index (χ0v) is 12.5. The van der Waals surface area contributed by atoms with Crippen LogP contribution in [-0.2, 0) is 9.53 Å². The van der Waals surface area contributed by atoms with Crippen LogP contribution < -0.4 is 5.32 Å². The highest BCUT2D eigenvalue weighted by atomic mass is 16.5. The Hall–Kier alpha value is -0.410. The first kappa shape index (κ1) is 16.6. The van der Waals surface area contributed by atoms with Gasteiger partial charge >= 0.3 is 0 Å². The van der Waals surface area contributed by atoms with Crippen LogP contribution in [0.2, 0.25) is 0 Å². The number of aldehydes is 1. The predicted octanol–water partition coefficient (Wildman–Crippen LogP) is 3.81. The van der Waals surface area contributed by atoms with Crippen molar-refractivity contribution in [2.24, 2.45) is 0 Å². The Kier molecular flexibility index (Phi) is 10.0. The van der Waals surface area contributed by atoms with Crippen LogP contribution in [0.15, 0.2) is 0 Å². The molecule has 2 atom stereocenters. The molecule has 0 aromatic heterocycles. The fourth-order valence-electron chi connectivity index (χ4n) is 2.67. The van der Waals surface area contributed by atoms with Crippen LogP contribution in [0.1, 0.15) is 77.6 Å². The summed E-state index contributed by atoms with van der Waals surface area (Å²) in [5, 5.41) is 3.18. The number of hydrogen-bond donors (Lipinski definition) is 1. The first-order valence-corrected chi connectivity index (χ1v) is 8.19. The fraction of sp³-hybridized carbons (Fsp3) is 0.938. The van der Waals surface area contributed by atoms with Crippen molar-refractivity contribution in [2.75, 3.05) is 6.61 Å². The van der Waals surface area contributed by atoms with Crippen molar-refractivity contribution in [3.63, 3.8) is 0 Å². The van der Waals surface area contributed by atoms with Crippen molar-refractivity contribution >= 4 is 6.29 Å². The van der Waals surface area contributed by atoms with Crippen LogP contribution in [0.25, 0.3) is 0 Å². The third-order valence-corrected chi connectivity index (χ3v) is 3.91. The van der Waals surface area contributed by atoms with E-state index in [0.717, 1.165) is 12.7 Å². The van der Waals surface area contributed by atoms with Gasteiger partial charge < -0.3 is 4.74 Å². The molecule has 0 radical (unpaired) electrons. The molecule has 112 valence electrons. The molecule has 0 aliphatic carbocycles. The maximum absolute atomic E-state index is 10.5. The molecule has 0 saturated carbocycles. The van der Waals surface area contributed by atoms with Crippen molar-refractivity contribution < 1.29 is 9.53 Å². The summed E-state index contributed by atoms with van der Waals surface area (Å²) in [5.41, 5.74) is 0. The summed E-state index contributed by atoms with van der Waals surface area (Å²) in [6.07, 6.45) is 15.3. The molecular weight excluding hydrogens is 238 g/mol. The van der Waals surface area contributed by atoms with Gasteiger partial charge in [-0.1, -0.05) is 71.1 Å². The third kappa shape index (κ3) is 8.38. The topological polar surface area (TPSA) is 38.3 Å². The van der Waals surface area contributed by atoms with Crippen LogP contribution in [-0.4, -0.2) is 25.2 Å². The Bertz CT molecular complexity index is 221. The lowest BCUT2D eigenvalue weighted by Crippen LogP contribution is -2.31. The van der Waals surface area contributed by atoms with E-state index in [-0.39, 0.29) is 6.23 Å². The van der Waals surface area contributed by atoms with Crippen LogP contribution in [0.3, 0.4) is 0 Å². The SMILES string of the molecule is CCCCCCCCCCCCC1COC(C=O)N1. The van der Waals surface area contributed by atoms with Crippen LogP contribution in [0, 0.1) is 0 Å². The first-order valence-electron chi connectivity index (χ1n) is 8.19. The first-order chi connectivity index (χ1) is 9.36. The number of hydrogen-bond acceptors (Lipinski definition) is 3. The third-order valence-electron chi connectivity index (χ3n) is 3.91. The second kappa shape index (κ2) is 11.4. The van der Waals surface area contributed by atoms with Gasteiger partial charge in [-0.2, -0.15) is 0 Å². The lowest BCUT2D eigenvalue weighted by atomic mass is 10.0. The fourth-order valence-corrected chi connectivity index (χ4v) is 2.67. The standard InChI is InChI=1S/C16H31NO2/c1-2-3-4-5-6-7-8-9-10-11-12-15-14-19-16(13-18)17-15/h13,15-17H,2-12,14H2,1H3. The predicted molar refractivity (Wildman–Crippen MR) is 79.2 cm³/mol. The van der Waals surface area contributed by atoms with Crippen LogP contribution >= 0.6 is 0 Å². The van der Waals surface area contributed by atoms with E-state index in [4.69, 9.17) is 4.74 Å². The number of carbonyl (C=O) groups is 1. The van der Waals surface area contributed by atoms with Gasteiger partial charge in [0.25, 0.3) is 0 Å². The van der Waals surface area contributed by atoms with Gasteiger partial charge in [0.1, 0.15) is 0 Å². The summed E-state index contributed by atoms with van der Waals surface area (Å²) in [6, 6.07) is 0.393. The van der Waals surface area contributed by atoms with Crippen molar-refractivity contribution in [1.29, 1.82) is 0 Å². The Morgan fingerprint density at radius 2 is 1.58 bits per heavy atom. The van der Waals surface area contributed by atoms with E-state index in [2.05, 4.69) is 12.2 Å².